The Kier molecular flexibility index (Phi) is 6.83. The number of aryl methyl sites for hydroxylation is 1. The number of hydrogen-bond acceptors (Lipinski definition) is 5. The number of ether oxygens (including phenoxy) is 1. The summed E-state index contributed by atoms with van der Waals surface area (Å²) in [7, 11) is 3.87. The fourth-order valence-corrected chi connectivity index (χ4v) is 3.80. The highest BCUT2D eigenvalue weighted by atomic mass is 16.5. The van der Waals surface area contributed by atoms with Gasteiger partial charge in [0.2, 0.25) is 0 Å². The zero-order chi connectivity index (χ0) is 23.4. The largest absolute Gasteiger partial charge is 0.507 e. The van der Waals surface area contributed by atoms with Gasteiger partial charge in [0.15, 0.2) is 0 Å². The quantitative estimate of drug-likeness (QED) is 0.293. The smallest absolute Gasteiger partial charge is 0.295 e. The van der Waals surface area contributed by atoms with Gasteiger partial charge in [-0.3, -0.25) is 9.59 Å². The molecule has 1 N–H and O–H groups in total. The maximum Gasteiger partial charge on any atom is 0.295 e. The number of ketones is 1. The van der Waals surface area contributed by atoms with Crippen LogP contribution in [0.1, 0.15) is 22.7 Å². The minimum atomic E-state index is -0.711. The maximum atomic E-state index is 13.0. The van der Waals surface area contributed by atoms with Gasteiger partial charge in [0, 0.05) is 31.9 Å². The molecule has 1 aliphatic heterocycles. The van der Waals surface area contributed by atoms with E-state index in [2.05, 4.69) is 13.2 Å². The Bertz CT molecular complexity index is 1080. The van der Waals surface area contributed by atoms with Gasteiger partial charge in [0.25, 0.3) is 11.7 Å². The first-order chi connectivity index (χ1) is 15.3. The van der Waals surface area contributed by atoms with Crippen LogP contribution >= 0.6 is 0 Å². The molecule has 1 saturated heterocycles. The molecule has 0 saturated carbocycles. The molecule has 6 nitrogen and oxygen atoms in total. The van der Waals surface area contributed by atoms with Crippen molar-refractivity contribution in [1.82, 2.24) is 4.90 Å². The second kappa shape index (κ2) is 9.56. The summed E-state index contributed by atoms with van der Waals surface area (Å²) < 4.78 is 5.54. The van der Waals surface area contributed by atoms with Crippen molar-refractivity contribution in [2.75, 3.05) is 32.1 Å². The topological polar surface area (TPSA) is 70.1 Å². The number of likely N-dealkylation sites (tertiary alicyclic amines) is 1. The van der Waals surface area contributed by atoms with Crippen molar-refractivity contribution in [3.05, 3.63) is 90.0 Å². The van der Waals surface area contributed by atoms with Gasteiger partial charge in [0.05, 0.1) is 11.6 Å². The van der Waals surface area contributed by atoms with E-state index in [-0.39, 0.29) is 17.9 Å². The second-order valence-corrected chi connectivity index (χ2v) is 7.80. The summed E-state index contributed by atoms with van der Waals surface area (Å²) in [5.41, 5.74) is 2.99. The highest BCUT2D eigenvalue weighted by Crippen LogP contribution is 2.40. The molecule has 0 spiro atoms. The monoisotopic (exact) mass is 432 g/mol. The van der Waals surface area contributed by atoms with Crippen molar-refractivity contribution in [3.63, 3.8) is 0 Å². The molecule has 6 heteroatoms. The van der Waals surface area contributed by atoms with Gasteiger partial charge in [-0.15, -0.1) is 6.58 Å². The van der Waals surface area contributed by atoms with Crippen LogP contribution in [-0.4, -0.2) is 48.9 Å². The minimum absolute atomic E-state index is 0.0670. The van der Waals surface area contributed by atoms with Gasteiger partial charge in [-0.2, -0.15) is 0 Å². The van der Waals surface area contributed by atoms with Crippen LogP contribution in [0.4, 0.5) is 5.69 Å². The number of Topliss-reactive ketones (excluding diaryl/α,β-unsaturated/α-hetero) is 1. The molecule has 1 amide bonds. The third-order valence-electron chi connectivity index (χ3n) is 5.41. The Balaban J connectivity index is 2.13. The van der Waals surface area contributed by atoms with Gasteiger partial charge in [-0.1, -0.05) is 30.9 Å². The summed E-state index contributed by atoms with van der Waals surface area (Å²) in [6.07, 6.45) is 3.22. The molecule has 32 heavy (non-hydrogen) atoms. The van der Waals surface area contributed by atoms with E-state index in [1.54, 1.807) is 30.4 Å². The molecule has 3 rings (SSSR count). The molecule has 1 atom stereocenters. The molecule has 0 aliphatic carbocycles. The molecule has 2 aromatic rings. The highest BCUT2D eigenvalue weighted by Gasteiger charge is 2.45. The van der Waals surface area contributed by atoms with E-state index in [1.165, 1.54) is 4.90 Å². The SMILES string of the molecule is C=CCOc1ccc(/C(O)=C2\C(=O)C(=O)N(CC=C)C2c2ccc(N(C)C)cc2)c(C)c1. The summed E-state index contributed by atoms with van der Waals surface area (Å²) in [5.74, 6) is -0.944. The lowest BCUT2D eigenvalue weighted by Gasteiger charge is -2.25. The van der Waals surface area contributed by atoms with Crippen molar-refractivity contribution in [2.45, 2.75) is 13.0 Å². The Labute approximate surface area is 188 Å². The summed E-state index contributed by atoms with van der Waals surface area (Å²) >= 11 is 0. The lowest BCUT2D eigenvalue weighted by molar-refractivity contribution is -0.139. The van der Waals surface area contributed by atoms with E-state index in [4.69, 9.17) is 4.74 Å². The number of nitrogens with zero attached hydrogens (tertiary/aromatic N) is 2. The molecule has 0 bridgehead atoms. The number of amides is 1. The number of carbonyl (C=O) groups excluding carboxylic acids is 2. The Morgan fingerprint density at radius 3 is 2.38 bits per heavy atom. The third kappa shape index (κ3) is 4.30. The molecule has 0 aromatic heterocycles. The zero-order valence-corrected chi connectivity index (χ0v) is 18.7. The summed E-state index contributed by atoms with van der Waals surface area (Å²) in [5, 5.41) is 11.2. The number of aliphatic hydroxyl groups excluding tert-OH is 1. The number of hydrogen-bond donors (Lipinski definition) is 1. The Hall–Kier alpha value is -3.80. The fourth-order valence-electron chi connectivity index (χ4n) is 3.80. The Morgan fingerprint density at radius 2 is 1.81 bits per heavy atom. The van der Waals surface area contributed by atoms with Gasteiger partial charge in [-0.05, 0) is 48.4 Å². The number of benzene rings is 2. The predicted octanol–water partition coefficient (Wildman–Crippen LogP) is 4.23. The van der Waals surface area contributed by atoms with Crippen LogP contribution in [0, 0.1) is 6.92 Å². The van der Waals surface area contributed by atoms with E-state index in [1.807, 2.05) is 50.2 Å². The zero-order valence-electron chi connectivity index (χ0n) is 18.7. The fraction of sp³-hybridized carbons (Fsp3) is 0.231. The van der Waals surface area contributed by atoms with Crippen molar-refractivity contribution >= 4 is 23.1 Å². The first-order valence-corrected chi connectivity index (χ1v) is 10.3. The van der Waals surface area contributed by atoms with Crippen LogP contribution < -0.4 is 9.64 Å². The summed E-state index contributed by atoms with van der Waals surface area (Å²) in [4.78, 5) is 29.2. The van der Waals surface area contributed by atoms with Gasteiger partial charge in [0.1, 0.15) is 18.1 Å². The lowest BCUT2D eigenvalue weighted by atomic mass is 9.93. The first kappa shape index (κ1) is 22.9. The van der Waals surface area contributed by atoms with Crippen molar-refractivity contribution in [1.29, 1.82) is 0 Å². The molecule has 1 heterocycles. The highest BCUT2D eigenvalue weighted by molar-refractivity contribution is 6.46. The lowest BCUT2D eigenvalue weighted by Crippen LogP contribution is -2.29. The van der Waals surface area contributed by atoms with Crippen LogP contribution in [0.25, 0.3) is 5.76 Å². The van der Waals surface area contributed by atoms with Gasteiger partial charge < -0.3 is 19.6 Å². The number of anilines is 1. The molecule has 1 fully saturated rings. The van der Waals surface area contributed by atoms with Gasteiger partial charge >= 0.3 is 0 Å². The Morgan fingerprint density at radius 1 is 1.12 bits per heavy atom. The van der Waals surface area contributed by atoms with Crippen molar-refractivity contribution in [3.8, 4) is 5.75 Å². The van der Waals surface area contributed by atoms with Crippen LogP contribution in [0.5, 0.6) is 5.75 Å². The molecule has 1 aliphatic rings. The van der Waals surface area contributed by atoms with E-state index in [0.29, 0.717) is 17.9 Å². The molecule has 2 aromatic carbocycles. The molecular weight excluding hydrogens is 404 g/mol. The molecular formula is C26H28N2O4. The number of rotatable bonds is 8. The second-order valence-electron chi connectivity index (χ2n) is 7.80. The first-order valence-electron chi connectivity index (χ1n) is 10.3. The van der Waals surface area contributed by atoms with E-state index in [0.717, 1.165) is 16.8 Å². The average molecular weight is 433 g/mol. The number of carbonyl (C=O) groups is 2. The summed E-state index contributed by atoms with van der Waals surface area (Å²) in [6.45, 7) is 9.71. The predicted molar refractivity (Wildman–Crippen MR) is 127 cm³/mol. The standard InChI is InChI=1S/C26H28N2O4/c1-6-14-28-23(18-8-10-19(11-9-18)27(4)5)22(25(30)26(28)31)24(29)21-13-12-20(16-17(21)3)32-15-7-2/h6-13,16,23,29H,1-2,14-15H2,3-5H3/b24-22+. The van der Waals surface area contributed by atoms with Crippen LogP contribution in [0.15, 0.2) is 73.3 Å². The van der Waals surface area contributed by atoms with Gasteiger partial charge in [-0.25, -0.2) is 0 Å². The molecule has 0 radical (unpaired) electrons. The van der Waals surface area contributed by atoms with Crippen LogP contribution in [-0.2, 0) is 9.59 Å². The van der Waals surface area contributed by atoms with Crippen LogP contribution in [0.2, 0.25) is 0 Å². The normalized spacial score (nSPS) is 17.3. The molecule has 1 unspecified atom stereocenters. The summed E-state index contributed by atoms with van der Waals surface area (Å²) in [6, 6.07) is 12.0. The van der Waals surface area contributed by atoms with E-state index < -0.39 is 17.7 Å². The average Bonchev–Trinajstić information content (AvgIpc) is 3.02. The van der Waals surface area contributed by atoms with E-state index in [9.17, 15) is 14.7 Å². The van der Waals surface area contributed by atoms with Crippen molar-refractivity contribution in [2.24, 2.45) is 0 Å². The minimum Gasteiger partial charge on any atom is -0.507 e. The third-order valence-corrected chi connectivity index (χ3v) is 5.41. The molecule has 166 valence electrons. The van der Waals surface area contributed by atoms with Crippen LogP contribution in [0.3, 0.4) is 0 Å². The van der Waals surface area contributed by atoms with Crippen molar-refractivity contribution < 1.29 is 19.4 Å². The van der Waals surface area contributed by atoms with E-state index >= 15 is 0 Å². The maximum absolute atomic E-state index is 13.0. The number of aliphatic hydroxyl groups is 1.